The summed E-state index contributed by atoms with van der Waals surface area (Å²) in [5, 5.41) is 16.7. The lowest BCUT2D eigenvalue weighted by molar-refractivity contribution is -0.385. The van der Waals surface area contributed by atoms with Crippen molar-refractivity contribution < 1.29 is 33.5 Å². The van der Waals surface area contributed by atoms with Gasteiger partial charge in [0.25, 0.3) is 0 Å². The Balaban J connectivity index is 2.18. The maximum Gasteiger partial charge on any atom is 0.341 e. The number of nitro groups is 1. The summed E-state index contributed by atoms with van der Waals surface area (Å²) in [6.45, 7) is 6.37. The molecule has 0 radical (unpaired) electrons. The Morgan fingerprint density at radius 2 is 1.68 bits per heavy atom. The Labute approximate surface area is 197 Å². The van der Waals surface area contributed by atoms with Gasteiger partial charge in [-0.2, -0.15) is 0 Å². The molecule has 0 saturated carbocycles. The van der Waals surface area contributed by atoms with Crippen LogP contribution in [-0.4, -0.2) is 43.9 Å². The van der Waals surface area contributed by atoms with Gasteiger partial charge in [-0.05, 0) is 44.5 Å². The number of carbonyl (C=O) groups is 2. The molecule has 2 aromatic carbocycles. The summed E-state index contributed by atoms with van der Waals surface area (Å²) in [6, 6.07) is 6.83. The predicted molar refractivity (Wildman–Crippen MR) is 125 cm³/mol. The molecule has 34 heavy (non-hydrogen) atoms. The van der Waals surface area contributed by atoms with Crippen LogP contribution in [0.2, 0.25) is 0 Å². The number of nitrogens with one attached hydrogen (secondary N) is 2. The topological polar surface area (TPSA) is 138 Å². The lowest BCUT2D eigenvalue weighted by Gasteiger charge is -2.15. The third-order valence-electron chi connectivity index (χ3n) is 4.48. The van der Waals surface area contributed by atoms with E-state index in [1.165, 1.54) is 25.3 Å². The first-order valence-corrected chi connectivity index (χ1v) is 10.8. The third-order valence-corrected chi connectivity index (χ3v) is 4.48. The first kappa shape index (κ1) is 26.2. The minimum Gasteiger partial charge on any atom is -0.493 e. The summed E-state index contributed by atoms with van der Waals surface area (Å²) >= 11 is 0. The summed E-state index contributed by atoms with van der Waals surface area (Å²) in [5.74, 6) is 0.114. The van der Waals surface area contributed by atoms with Crippen molar-refractivity contribution in [2.24, 2.45) is 0 Å². The van der Waals surface area contributed by atoms with Crippen molar-refractivity contribution in [3.05, 3.63) is 51.6 Å². The summed E-state index contributed by atoms with van der Waals surface area (Å²) < 4.78 is 21.3. The maximum atomic E-state index is 12.5. The van der Waals surface area contributed by atoms with Crippen LogP contribution in [0.25, 0.3) is 0 Å². The number of benzene rings is 2. The van der Waals surface area contributed by atoms with Crippen LogP contribution in [0.3, 0.4) is 0 Å². The molecule has 0 aliphatic heterocycles. The van der Waals surface area contributed by atoms with Gasteiger partial charge in [-0.3, -0.25) is 10.1 Å². The van der Waals surface area contributed by atoms with Crippen molar-refractivity contribution >= 4 is 23.4 Å². The zero-order chi connectivity index (χ0) is 25.1. The molecular weight excluding hydrogens is 446 g/mol. The van der Waals surface area contributed by atoms with Gasteiger partial charge < -0.3 is 29.6 Å². The highest BCUT2D eigenvalue weighted by Gasteiger charge is 2.21. The molecule has 0 saturated heterocycles. The van der Waals surface area contributed by atoms with Crippen LogP contribution >= 0.6 is 0 Å². The number of rotatable bonds is 12. The van der Waals surface area contributed by atoms with E-state index in [0.29, 0.717) is 23.6 Å². The third kappa shape index (κ3) is 6.99. The number of nitrogens with zero attached hydrogens (tertiary/aromatic N) is 1. The Bertz CT molecular complexity index is 1030. The van der Waals surface area contributed by atoms with E-state index in [4.69, 9.17) is 18.9 Å². The second-order valence-electron chi connectivity index (χ2n) is 6.91. The molecule has 0 aromatic heterocycles. The number of hydrogen-bond acceptors (Lipinski definition) is 8. The quantitative estimate of drug-likeness (QED) is 0.263. The number of amides is 2. The summed E-state index contributed by atoms with van der Waals surface area (Å²) in [5.41, 5.74) is 0.818. The van der Waals surface area contributed by atoms with Crippen molar-refractivity contribution in [3.63, 3.8) is 0 Å². The Kier molecular flexibility index (Phi) is 9.93. The van der Waals surface area contributed by atoms with Gasteiger partial charge in [-0.1, -0.05) is 6.92 Å². The first-order valence-electron chi connectivity index (χ1n) is 10.8. The van der Waals surface area contributed by atoms with Crippen LogP contribution in [0.15, 0.2) is 30.3 Å². The lowest BCUT2D eigenvalue weighted by Crippen LogP contribution is -2.28. The molecule has 0 aliphatic rings. The molecule has 2 N–H and O–H groups in total. The molecule has 0 spiro atoms. The number of urea groups is 1. The minimum atomic E-state index is -0.592. The van der Waals surface area contributed by atoms with Gasteiger partial charge in [0, 0.05) is 17.8 Å². The van der Waals surface area contributed by atoms with Crippen molar-refractivity contribution in [3.8, 4) is 17.2 Å². The van der Waals surface area contributed by atoms with Crippen molar-refractivity contribution in [2.45, 2.75) is 33.7 Å². The molecule has 0 atom stereocenters. The van der Waals surface area contributed by atoms with Gasteiger partial charge in [0.2, 0.25) is 0 Å². The van der Waals surface area contributed by atoms with E-state index >= 15 is 0 Å². The molecular formula is C23H29N3O8. The maximum absolute atomic E-state index is 12.5. The van der Waals surface area contributed by atoms with Gasteiger partial charge in [0.05, 0.1) is 37.9 Å². The SMILES string of the molecule is CCCOc1ccc(NC(=O)NCc2cc(OCC)c([N+](=O)[O-])cc2OCC)cc1C(=O)OC. The molecule has 0 fully saturated rings. The number of nitro benzene ring substituents is 1. The van der Waals surface area contributed by atoms with E-state index < -0.39 is 16.9 Å². The second kappa shape index (κ2) is 12.9. The normalized spacial score (nSPS) is 10.2. The van der Waals surface area contributed by atoms with Crippen LogP contribution in [0.5, 0.6) is 17.2 Å². The van der Waals surface area contributed by atoms with Crippen LogP contribution in [0, 0.1) is 10.1 Å². The fourth-order valence-corrected chi connectivity index (χ4v) is 3.00. The zero-order valence-electron chi connectivity index (χ0n) is 19.6. The van der Waals surface area contributed by atoms with E-state index in [9.17, 15) is 19.7 Å². The highest BCUT2D eigenvalue weighted by atomic mass is 16.6. The van der Waals surface area contributed by atoms with Crippen LogP contribution in [-0.2, 0) is 11.3 Å². The van der Waals surface area contributed by atoms with E-state index in [1.807, 2.05) is 6.92 Å². The standard InChI is InChI=1S/C23H29N3O8/c1-5-10-34-19-9-8-16(12-17(19)22(27)31-4)25-23(28)24-14-15-11-21(33-7-3)18(26(29)30)13-20(15)32-6-2/h8-9,11-13H,5-7,10,14H2,1-4H3,(H2,24,25,28). The van der Waals surface area contributed by atoms with Crippen LogP contribution < -0.4 is 24.8 Å². The fraction of sp³-hybridized carbons (Fsp3) is 0.391. The number of carbonyl (C=O) groups excluding carboxylic acids is 2. The molecule has 0 bridgehead atoms. The summed E-state index contributed by atoms with van der Waals surface area (Å²) in [4.78, 5) is 35.4. The van der Waals surface area contributed by atoms with Crippen molar-refractivity contribution in [1.82, 2.24) is 5.32 Å². The minimum absolute atomic E-state index is 0.0147. The van der Waals surface area contributed by atoms with Crippen LogP contribution in [0.1, 0.15) is 43.1 Å². The second-order valence-corrected chi connectivity index (χ2v) is 6.91. The van der Waals surface area contributed by atoms with Crippen molar-refractivity contribution in [2.75, 3.05) is 32.2 Å². The number of esters is 1. The molecule has 0 unspecified atom stereocenters. The number of ether oxygens (including phenoxy) is 4. The zero-order valence-corrected chi connectivity index (χ0v) is 19.6. The fourth-order valence-electron chi connectivity index (χ4n) is 3.00. The lowest BCUT2D eigenvalue weighted by atomic mass is 10.1. The molecule has 11 heteroatoms. The number of hydrogen-bond donors (Lipinski definition) is 2. The highest BCUT2D eigenvalue weighted by molar-refractivity contribution is 5.96. The molecule has 11 nitrogen and oxygen atoms in total. The van der Waals surface area contributed by atoms with Gasteiger partial charge in [-0.15, -0.1) is 0 Å². The van der Waals surface area contributed by atoms with E-state index in [-0.39, 0.29) is 42.5 Å². The molecule has 0 aliphatic carbocycles. The Morgan fingerprint density at radius 1 is 0.971 bits per heavy atom. The largest absolute Gasteiger partial charge is 0.493 e. The Morgan fingerprint density at radius 3 is 2.29 bits per heavy atom. The summed E-state index contributed by atoms with van der Waals surface area (Å²) in [7, 11) is 1.26. The smallest absolute Gasteiger partial charge is 0.341 e. The molecule has 184 valence electrons. The average Bonchev–Trinajstić information content (AvgIpc) is 2.82. The van der Waals surface area contributed by atoms with Crippen LogP contribution in [0.4, 0.5) is 16.2 Å². The van der Waals surface area contributed by atoms with Gasteiger partial charge in [0.1, 0.15) is 17.1 Å². The van der Waals surface area contributed by atoms with Gasteiger partial charge >= 0.3 is 17.7 Å². The Hall–Kier alpha value is -4.02. The average molecular weight is 475 g/mol. The predicted octanol–water partition coefficient (Wildman–Crippen LogP) is 4.29. The van der Waals surface area contributed by atoms with E-state index in [0.717, 1.165) is 6.42 Å². The van der Waals surface area contributed by atoms with Crippen molar-refractivity contribution in [1.29, 1.82) is 0 Å². The molecule has 2 amide bonds. The van der Waals surface area contributed by atoms with E-state index in [2.05, 4.69) is 10.6 Å². The molecule has 2 rings (SSSR count). The van der Waals surface area contributed by atoms with Gasteiger partial charge in [0.15, 0.2) is 5.75 Å². The first-order chi connectivity index (χ1) is 16.3. The highest BCUT2D eigenvalue weighted by Crippen LogP contribution is 2.35. The molecule has 2 aromatic rings. The number of anilines is 1. The summed E-state index contributed by atoms with van der Waals surface area (Å²) in [6.07, 6.45) is 0.764. The number of methoxy groups -OCH3 is 1. The van der Waals surface area contributed by atoms with E-state index in [1.54, 1.807) is 26.0 Å². The molecule has 0 heterocycles. The van der Waals surface area contributed by atoms with Gasteiger partial charge in [-0.25, -0.2) is 9.59 Å². The monoisotopic (exact) mass is 475 g/mol.